The van der Waals surface area contributed by atoms with Gasteiger partial charge in [-0.05, 0) is 19.3 Å². The monoisotopic (exact) mass is 229 g/mol. The maximum Gasteiger partial charge on any atom is 0.220 e. The molecule has 1 amide bonds. The Morgan fingerprint density at radius 1 is 1.44 bits per heavy atom. The Balaban J connectivity index is 2.30. The highest BCUT2D eigenvalue weighted by molar-refractivity contribution is 5.75. The van der Waals surface area contributed by atoms with Crippen LogP contribution in [0.3, 0.4) is 0 Å². The summed E-state index contributed by atoms with van der Waals surface area (Å²) in [6.07, 6.45) is 4.22. The predicted octanol–water partition coefficient (Wildman–Crippen LogP) is 1.08. The Kier molecular flexibility index (Phi) is 5.77. The number of hydrogen-bond donors (Lipinski definition) is 2. The molecule has 1 aliphatic heterocycles. The second-order valence-electron chi connectivity index (χ2n) is 4.65. The molecule has 0 bridgehead atoms. The summed E-state index contributed by atoms with van der Waals surface area (Å²) in [6.45, 7) is 4.15. The quantitative estimate of drug-likeness (QED) is 0.716. The largest absolute Gasteiger partial charge is 0.396 e. The van der Waals surface area contributed by atoms with E-state index in [4.69, 9.17) is 4.74 Å². The van der Waals surface area contributed by atoms with E-state index in [0.717, 1.165) is 25.7 Å². The van der Waals surface area contributed by atoms with Crippen LogP contribution in [-0.4, -0.2) is 37.4 Å². The van der Waals surface area contributed by atoms with Gasteiger partial charge in [-0.3, -0.25) is 4.79 Å². The highest BCUT2D eigenvalue weighted by Gasteiger charge is 2.32. The molecule has 0 aromatic rings. The smallest absolute Gasteiger partial charge is 0.220 e. The SMILES string of the molecule is CCCCC(=O)NCC1(CO)CCOCC1. The van der Waals surface area contributed by atoms with Crippen LogP contribution in [0.2, 0.25) is 0 Å². The second kappa shape index (κ2) is 6.86. The minimum absolute atomic E-state index is 0.0983. The minimum atomic E-state index is -0.153. The fraction of sp³-hybridized carbons (Fsp3) is 0.917. The van der Waals surface area contributed by atoms with Crippen molar-refractivity contribution in [1.29, 1.82) is 0 Å². The van der Waals surface area contributed by atoms with E-state index in [1.165, 1.54) is 0 Å². The van der Waals surface area contributed by atoms with Crippen molar-refractivity contribution >= 4 is 5.91 Å². The highest BCUT2D eigenvalue weighted by Crippen LogP contribution is 2.28. The van der Waals surface area contributed by atoms with Crippen molar-refractivity contribution in [2.75, 3.05) is 26.4 Å². The first-order chi connectivity index (χ1) is 7.72. The fourth-order valence-corrected chi connectivity index (χ4v) is 1.91. The third kappa shape index (κ3) is 4.10. The van der Waals surface area contributed by atoms with Gasteiger partial charge in [-0.1, -0.05) is 13.3 Å². The molecule has 1 rings (SSSR count). The predicted molar refractivity (Wildman–Crippen MR) is 62.1 cm³/mol. The third-order valence-electron chi connectivity index (χ3n) is 3.31. The van der Waals surface area contributed by atoms with E-state index < -0.39 is 0 Å². The maximum atomic E-state index is 11.5. The summed E-state index contributed by atoms with van der Waals surface area (Å²) in [6, 6.07) is 0. The van der Waals surface area contributed by atoms with E-state index in [2.05, 4.69) is 12.2 Å². The van der Waals surface area contributed by atoms with Crippen LogP contribution in [0, 0.1) is 5.41 Å². The van der Waals surface area contributed by atoms with Gasteiger partial charge in [-0.25, -0.2) is 0 Å². The molecule has 1 heterocycles. The molecule has 0 atom stereocenters. The van der Waals surface area contributed by atoms with Crippen LogP contribution in [0.1, 0.15) is 39.0 Å². The summed E-state index contributed by atoms with van der Waals surface area (Å²) < 4.78 is 5.27. The average Bonchev–Trinajstić information content (AvgIpc) is 2.35. The number of amides is 1. The van der Waals surface area contributed by atoms with Crippen molar-refractivity contribution in [2.45, 2.75) is 39.0 Å². The Bertz CT molecular complexity index is 212. The Hall–Kier alpha value is -0.610. The van der Waals surface area contributed by atoms with Gasteiger partial charge in [-0.2, -0.15) is 0 Å². The van der Waals surface area contributed by atoms with E-state index in [1.54, 1.807) is 0 Å². The first kappa shape index (κ1) is 13.5. The summed E-state index contributed by atoms with van der Waals surface area (Å²) >= 11 is 0. The topological polar surface area (TPSA) is 58.6 Å². The molecule has 1 aliphatic rings. The number of ether oxygens (including phenoxy) is 1. The van der Waals surface area contributed by atoms with Crippen LogP contribution < -0.4 is 5.32 Å². The molecule has 0 saturated carbocycles. The molecule has 0 radical (unpaired) electrons. The number of aliphatic hydroxyl groups is 1. The van der Waals surface area contributed by atoms with Gasteiger partial charge in [0, 0.05) is 31.6 Å². The molecular formula is C12H23NO3. The van der Waals surface area contributed by atoms with Crippen molar-refractivity contribution in [3.05, 3.63) is 0 Å². The molecule has 1 fully saturated rings. The molecule has 0 unspecified atom stereocenters. The standard InChI is InChI=1S/C12H23NO3/c1-2-3-4-11(15)13-9-12(10-14)5-7-16-8-6-12/h14H,2-10H2,1H3,(H,13,15). The summed E-state index contributed by atoms with van der Waals surface area (Å²) in [7, 11) is 0. The van der Waals surface area contributed by atoms with Crippen LogP contribution >= 0.6 is 0 Å². The molecule has 0 aromatic heterocycles. The minimum Gasteiger partial charge on any atom is -0.396 e. The van der Waals surface area contributed by atoms with Gasteiger partial charge in [0.1, 0.15) is 0 Å². The number of hydrogen-bond acceptors (Lipinski definition) is 3. The maximum absolute atomic E-state index is 11.5. The Morgan fingerprint density at radius 3 is 2.69 bits per heavy atom. The molecule has 2 N–H and O–H groups in total. The van der Waals surface area contributed by atoms with E-state index in [-0.39, 0.29) is 17.9 Å². The van der Waals surface area contributed by atoms with Crippen LogP contribution in [0.15, 0.2) is 0 Å². The van der Waals surface area contributed by atoms with E-state index in [9.17, 15) is 9.90 Å². The van der Waals surface area contributed by atoms with Crippen LogP contribution in [0.4, 0.5) is 0 Å². The Labute approximate surface area is 97.4 Å². The molecule has 16 heavy (non-hydrogen) atoms. The van der Waals surface area contributed by atoms with Gasteiger partial charge in [0.15, 0.2) is 0 Å². The molecule has 1 saturated heterocycles. The van der Waals surface area contributed by atoms with Crippen molar-refractivity contribution in [1.82, 2.24) is 5.32 Å². The number of carbonyl (C=O) groups excluding carboxylic acids is 1. The van der Waals surface area contributed by atoms with Crippen LogP contribution in [0.5, 0.6) is 0 Å². The normalized spacial score (nSPS) is 19.4. The van der Waals surface area contributed by atoms with Crippen molar-refractivity contribution in [3.8, 4) is 0 Å². The lowest BCUT2D eigenvalue weighted by Crippen LogP contribution is -2.43. The van der Waals surface area contributed by atoms with Crippen LogP contribution in [0.25, 0.3) is 0 Å². The first-order valence-electron chi connectivity index (χ1n) is 6.18. The molecular weight excluding hydrogens is 206 g/mol. The van der Waals surface area contributed by atoms with Gasteiger partial charge < -0.3 is 15.2 Å². The molecule has 0 aliphatic carbocycles. The number of aliphatic hydroxyl groups excluding tert-OH is 1. The van der Waals surface area contributed by atoms with Crippen LogP contribution in [-0.2, 0) is 9.53 Å². The zero-order valence-electron chi connectivity index (χ0n) is 10.1. The van der Waals surface area contributed by atoms with Crippen molar-refractivity contribution in [2.24, 2.45) is 5.41 Å². The molecule has 0 aromatic carbocycles. The zero-order valence-corrected chi connectivity index (χ0v) is 10.1. The first-order valence-corrected chi connectivity index (χ1v) is 6.18. The van der Waals surface area contributed by atoms with Crippen molar-refractivity contribution < 1.29 is 14.6 Å². The van der Waals surface area contributed by atoms with Gasteiger partial charge in [-0.15, -0.1) is 0 Å². The summed E-state index contributed by atoms with van der Waals surface area (Å²) in [5, 5.41) is 12.3. The van der Waals surface area contributed by atoms with Gasteiger partial charge >= 0.3 is 0 Å². The number of nitrogens with one attached hydrogen (secondary N) is 1. The molecule has 4 nitrogen and oxygen atoms in total. The van der Waals surface area contributed by atoms with E-state index in [0.29, 0.717) is 26.2 Å². The molecule has 0 spiro atoms. The van der Waals surface area contributed by atoms with Crippen molar-refractivity contribution in [3.63, 3.8) is 0 Å². The number of carbonyl (C=O) groups is 1. The lowest BCUT2D eigenvalue weighted by molar-refractivity contribution is -0.122. The number of rotatable bonds is 6. The fourth-order valence-electron chi connectivity index (χ4n) is 1.91. The van der Waals surface area contributed by atoms with E-state index >= 15 is 0 Å². The molecule has 94 valence electrons. The Morgan fingerprint density at radius 2 is 2.12 bits per heavy atom. The summed E-state index contributed by atoms with van der Waals surface area (Å²) in [5.41, 5.74) is -0.153. The average molecular weight is 229 g/mol. The third-order valence-corrected chi connectivity index (χ3v) is 3.31. The lowest BCUT2D eigenvalue weighted by atomic mass is 9.81. The summed E-state index contributed by atoms with van der Waals surface area (Å²) in [5.74, 6) is 0.0983. The zero-order chi connectivity index (χ0) is 11.9. The van der Waals surface area contributed by atoms with Gasteiger partial charge in [0.05, 0.1) is 6.61 Å². The highest BCUT2D eigenvalue weighted by atomic mass is 16.5. The second-order valence-corrected chi connectivity index (χ2v) is 4.65. The van der Waals surface area contributed by atoms with Gasteiger partial charge in [0.25, 0.3) is 0 Å². The summed E-state index contributed by atoms with van der Waals surface area (Å²) in [4.78, 5) is 11.5. The van der Waals surface area contributed by atoms with E-state index in [1.807, 2.05) is 0 Å². The van der Waals surface area contributed by atoms with Gasteiger partial charge in [0.2, 0.25) is 5.91 Å². The molecule has 4 heteroatoms. The lowest BCUT2D eigenvalue weighted by Gasteiger charge is -2.35. The number of unbranched alkanes of at least 4 members (excludes halogenated alkanes) is 1.